The van der Waals surface area contributed by atoms with Crippen LogP contribution in [0.15, 0.2) is 91.0 Å². The Morgan fingerprint density at radius 3 is 1.72 bits per heavy atom. The molecule has 1 N–H and O–H groups in total. The summed E-state index contributed by atoms with van der Waals surface area (Å²) >= 11 is 0. The molecule has 220 valence electrons. The van der Waals surface area contributed by atoms with E-state index in [2.05, 4.69) is 0 Å². The van der Waals surface area contributed by atoms with Gasteiger partial charge in [-0.2, -0.15) is 0 Å². The van der Waals surface area contributed by atoms with E-state index in [9.17, 15) is 29.6 Å². The number of benzene rings is 4. The fraction of sp³-hybridized carbons (Fsp3) is 0.182. The quantitative estimate of drug-likeness (QED) is 0.0890. The second-order valence-electron chi connectivity index (χ2n) is 10.5. The van der Waals surface area contributed by atoms with Crippen LogP contribution >= 0.6 is 0 Å². The molecule has 0 saturated carbocycles. The van der Waals surface area contributed by atoms with Crippen LogP contribution < -0.4 is 9.47 Å². The van der Waals surface area contributed by atoms with Crippen LogP contribution in [0, 0.1) is 10.1 Å². The highest BCUT2D eigenvalue weighted by molar-refractivity contribution is 6.19. The molecule has 0 radical (unpaired) electrons. The SMILES string of the molecule is CC(C)(C)OC(=O)c1cc(OCc2ccccc2)c(C(=O)c2c(C(=O)O)cccc2[N+](=O)[O-])c(OCc2ccccc2)c1. The van der Waals surface area contributed by atoms with Crippen molar-refractivity contribution in [1.29, 1.82) is 0 Å². The molecular formula is C33H29NO9. The van der Waals surface area contributed by atoms with Crippen molar-refractivity contribution >= 4 is 23.4 Å². The van der Waals surface area contributed by atoms with Gasteiger partial charge in [-0.15, -0.1) is 0 Å². The highest BCUT2D eigenvalue weighted by atomic mass is 16.6. The summed E-state index contributed by atoms with van der Waals surface area (Å²) in [4.78, 5) is 50.6. The van der Waals surface area contributed by atoms with Crippen LogP contribution in [0.3, 0.4) is 0 Å². The van der Waals surface area contributed by atoms with Crippen molar-refractivity contribution in [2.24, 2.45) is 0 Å². The molecular weight excluding hydrogens is 554 g/mol. The summed E-state index contributed by atoms with van der Waals surface area (Å²) in [7, 11) is 0. The minimum atomic E-state index is -1.53. The molecule has 10 nitrogen and oxygen atoms in total. The number of hydrogen-bond acceptors (Lipinski definition) is 8. The molecule has 10 heteroatoms. The summed E-state index contributed by atoms with van der Waals surface area (Å²) in [5, 5.41) is 21.8. The van der Waals surface area contributed by atoms with E-state index in [1.165, 1.54) is 18.2 Å². The van der Waals surface area contributed by atoms with Gasteiger partial charge in [0.15, 0.2) is 0 Å². The van der Waals surface area contributed by atoms with Crippen LogP contribution in [-0.2, 0) is 18.0 Å². The van der Waals surface area contributed by atoms with Gasteiger partial charge >= 0.3 is 11.9 Å². The Hall–Kier alpha value is -5.51. The first-order valence-corrected chi connectivity index (χ1v) is 13.2. The maximum Gasteiger partial charge on any atom is 0.338 e. The number of ketones is 1. The van der Waals surface area contributed by atoms with Gasteiger partial charge in [0, 0.05) is 6.07 Å². The topological polar surface area (TPSA) is 142 Å². The Bertz CT molecular complexity index is 1560. The number of carboxylic acid groups (broad SMARTS) is 1. The van der Waals surface area contributed by atoms with Crippen LogP contribution in [0.1, 0.15) is 68.5 Å². The van der Waals surface area contributed by atoms with Gasteiger partial charge in [-0.05, 0) is 50.1 Å². The average Bonchev–Trinajstić information content (AvgIpc) is 2.98. The zero-order valence-electron chi connectivity index (χ0n) is 23.7. The number of carbonyl (C=O) groups excluding carboxylic acids is 2. The molecule has 43 heavy (non-hydrogen) atoms. The maximum atomic E-state index is 14.2. The lowest BCUT2D eigenvalue weighted by Crippen LogP contribution is -2.24. The largest absolute Gasteiger partial charge is 0.488 e. The van der Waals surface area contributed by atoms with E-state index in [-0.39, 0.29) is 35.8 Å². The molecule has 4 aromatic rings. The Balaban J connectivity index is 1.94. The van der Waals surface area contributed by atoms with Gasteiger partial charge in [-0.1, -0.05) is 66.7 Å². The van der Waals surface area contributed by atoms with Crippen molar-refractivity contribution in [2.45, 2.75) is 39.6 Å². The number of carboxylic acids is 1. The highest BCUT2D eigenvalue weighted by Crippen LogP contribution is 2.37. The highest BCUT2D eigenvalue weighted by Gasteiger charge is 2.33. The molecule has 0 aliphatic carbocycles. The standard InChI is InChI=1S/C33H29NO9/c1-33(2,3)43-32(38)23-17-26(41-19-21-11-6-4-7-12-21)29(27(18-23)42-20-22-13-8-5-9-14-22)30(35)28-24(31(36)37)15-10-16-25(28)34(39)40/h4-18H,19-20H2,1-3H3,(H,36,37). The van der Waals surface area contributed by atoms with Crippen LogP contribution in [0.5, 0.6) is 11.5 Å². The number of hydrogen-bond donors (Lipinski definition) is 1. The lowest BCUT2D eigenvalue weighted by molar-refractivity contribution is -0.385. The van der Waals surface area contributed by atoms with Crippen LogP contribution in [0.4, 0.5) is 5.69 Å². The average molecular weight is 584 g/mol. The fourth-order valence-corrected chi connectivity index (χ4v) is 4.20. The van der Waals surface area contributed by atoms with E-state index in [4.69, 9.17) is 14.2 Å². The van der Waals surface area contributed by atoms with E-state index in [1.807, 2.05) is 12.1 Å². The zero-order valence-corrected chi connectivity index (χ0v) is 23.7. The van der Waals surface area contributed by atoms with Gasteiger partial charge in [-0.25, -0.2) is 9.59 Å². The Morgan fingerprint density at radius 1 is 0.767 bits per heavy atom. The minimum Gasteiger partial charge on any atom is -0.488 e. The fourth-order valence-electron chi connectivity index (χ4n) is 4.20. The van der Waals surface area contributed by atoms with Crippen molar-refractivity contribution in [2.75, 3.05) is 0 Å². The number of ether oxygens (including phenoxy) is 3. The van der Waals surface area contributed by atoms with Gasteiger partial charge < -0.3 is 19.3 Å². The lowest BCUT2D eigenvalue weighted by atomic mass is 9.94. The molecule has 0 spiro atoms. The normalized spacial score (nSPS) is 11.0. The van der Waals surface area contributed by atoms with E-state index >= 15 is 0 Å². The molecule has 0 saturated heterocycles. The molecule has 0 bridgehead atoms. The first-order valence-electron chi connectivity index (χ1n) is 13.2. The smallest absolute Gasteiger partial charge is 0.338 e. The predicted molar refractivity (Wildman–Crippen MR) is 157 cm³/mol. The first kappa shape index (κ1) is 30.4. The summed E-state index contributed by atoms with van der Waals surface area (Å²) in [5.41, 5.74) is -1.60. The molecule has 0 atom stereocenters. The van der Waals surface area contributed by atoms with E-state index in [0.717, 1.165) is 23.3 Å². The van der Waals surface area contributed by atoms with Crippen molar-refractivity contribution in [3.8, 4) is 11.5 Å². The Kier molecular flexibility index (Phi) is 9.20. The number of rotatable bonds is 11. The summed E-state index contributed by atoms with van der Waals surface area (Å²) in [6.07, 6.45) is 0. The molecule has 0 amide bonds. The molecule has 4 aromatic carbocycles. The third-order valence-corrected chi connectivity index (χ3v) is 6.10. The lowest BCUT2D eigenvalue weighted by Gasteiger charge is -2.21. The maximum absolute atomic E-state index is 14.2. The molecule has 0 fully saturated rings. The van der Waals surface area contributed by atoms with Crippen molar-refractivity contribution in [1.82, 2.24) is 0 Å². The second-order valence-corrected chi connectivity index (χ2v) is 10.5. The number of nitro benzene ring substituents is 1. The van der Waals surface area contributed by atoms with Gasteiger partial charge in [-0.3, -0.25) is 14.9 Å². The van der Waals surface area contributed by atoms with Gasteiger partial charge in [0.05, 0.1) is 16.1 Å². The number of carbonyl (C=O) groups is 3. The summed E-state index contributed by atoms with van der Waals surface area (Å²) in [5.74, 6) is -3.57. The Morgan fingerprint density at radius 2 is 1.28 bits per heavy atom. The second kappa shape index (κ2) is 13.0. The van der Waals surface area contributed by atoms with Crippen LogP contribution in [0.2, 0.25) is 0 Å². The molecule has 0 unspecified atom stereocenters. The van der Waals surface area contributed by atoms with E-state index < -0.39 is 45.1 Å². The molecule has 0 heterocycles. The summed E-state index contributed by atoms with van der Waals surface area (Å²) in [6, 6.07) is 23.9. The van der Waals surface area contributed by atoms with Crippen LogP contribution in [0.25, 0.3) is 0 Å². The predicted octanol–water partition coefficient (Wildman–Crippen LogP) is 6.64. The number of aromatic carboxylic acids is 1. The first-order chi connectivity index (χ1) is 20.4. The summed E-state index contributed by atoms with van der Waals surface area (Å²) < 4.78 is 17.7. The molecule has 0 aromatic heterocycles. The summed E-state index contributed by atoms with van der Waals surface area (Å²) in [6.45, 7) is 5.01. The number of esters is 1. The van der Waals surface area contributed by atoms with Gasteiger partial charge in [0.2, 0.25) is 5.78 Å². The Labute approximate surface area is 247 Å². The zero-order chi connectivity index (χ0) is 31.1. The third-order valence-electron chi connectivity index (χ3n) is 6.10. The van der Waals surface area contributed by atoms with Gasteiger partial charge in [0.25, 0.3) is 5.69 Å². The van der Waals surface area contributed by atoms with Gasteiger partial charge in [0.1, 0.15) is 41.4 Å². The molecule has 4 rings (SSSR count). The van der Waals surface area contributed by atoms with Crippen LogP contribution in [-0.4, -0.2) is 33.4 Å². The molecule has 0 aliphatic rings. The number of nitrogens with zero attached hydrogens (tertiary/aromatic N) is 1. The van der Waals surface area contributed by atoms with Crippen molar-refractivity contribution in [3.63, 3.8) is 0 Å². The van der Waals surface area contributed by atoms with E-state index in [1.54, 1.807) is 69.3 Å². The van der Waals surface area contributed by atoms with Crippen molar-refractivity contribution < 1.29 is 38.6 Å². The molecule has 0 aliphatic heterocycles. The van der Waals surface area contributed by atoms with E-state index in [0.29, 0.717) is 0 Å². The number of nitro groups is 1. The minimum absolute atomic E-state index is 0.00128. The van der Waals surface area contributed by atoms with Crippen molar-refractivity contribution in [3.05, 3.63) is 134 Å². The third kappa shape index (κ3) is 7.62. The monoisotopic (exact) mass is 583 g/mol.